The molecular formula is C25H28F3N7O. The summed E-state index contributed by atoms with van der Waals surface area (Å²) in [5, 5.41) is 28.3. The van der Waals surface area contributed by atoms with Crippen molar-refractivity contribution >= 4 is 10.9 Å². The van der Waals surface area contributed by atoms with Gasteiger partial charge in [-0.2, -0.15) is 18.3 Å². The zero-order valence-corrected chi connectivity index (χ0v) is 20.0. The fourth-order valence-electron chi connectivity index (χ4n) is 4.96. The molecule has 1 aliphatic carbocycles. The second-order valence-corrected chi connectivity index (χ2v) is 9.38. The number of aliphatic hydroxyl groups excluding tert-OH is 1. The van der Waals surface area contributed by atoms with E-state index < -0.39 is 17.9 Å². The first-order valence-corrected chi connectivity index (χ1v) is 12.0. The fourth-order valence-corrected chi connectivity index (χ4v) is 4.96. The van der Waals surface area contributed by atoms with Crippen molar-refractivity contribution in [3.05, 3.63) is 59.4 Å². The van der Waals surface area contributed by atoms with Gasteiger partial charge < -0.3 is 15.0 Å². The number of nitrogens with zero attached hydrogens (tertiary/aromatic N) is 5. The number of halogens is 3. The molecule has 11 heteroatoms. The smallest absolute Gasteiger partial charge is 0.395 e. The molecule has 0 unspecified atom stereocenters. The second-order valence-electron chi connectivity index (χ2n) is 9.38. The SMILES string of the molecule is C[C@H](NCCO)c1nc(C(F)(F)F)cc2c(-c3cccc([C@H](c4nncn4C)C4CCC4)c3)n[nH]c12. The molecule has 0 spiro atoms. The highest BCUT2D eigenvalue weighted by molar-refractivity contribution is 5.94. The number of nitrogens with one attached hydrogen (secondary N) is 2. The van der Waals surface area contributed by atoms with Gasteiger partial charge in [0.2, 0.25) is 0 Å². The maximum atomic E-state index is 13.8. The lowest BCUT2D eigenvalue weighted by molar-refractivity contribution is -0.141. The van der Waals surface area contributed by atoms with E-state index in [1.165, 1.54) is 6.42 Å². The Morgan fingerprint density at radius 3 is 2.69 bits per heavy atom. The van der Waals surface area contributed by atoms with Crippen LogP contribution in [0.5, 0.6) is 0 Å². The number of alkyl halides is 3. The van der Waals surface area contributed by atoms with Crippen molar-refractivity contribution in [1.82, 2.24) is 35.3 Å². The van der Waals surface area contributed by atoms with Gasteiger partial charge in [-0.05, 0) is 43.4 Å². The van der Waals surface area contributed by atoms with Crippen LogP contribution in [-0.2, 0) is 13.2 Å². The zero-order chi connectivity index (χ0) is 25.4. The Kier molecular flexibility index (Phi) is 6.52. The predicted octanol–water partition coefficient (Wildman–Crippen LogP) is 4.35. The van der Waals surface area contributed by atoms with Crippen LogP contribution in [0.1, 0.15) is 60.9 Å². The number of hydrogen-bond donors (Lipinski definition) is 3. The topological polar surface area (TPSA) is 105 Å². The molecule has 3 N–H and O–H groups in total. The van der Waals surface area contributed by atoms with E-state index in [1.807, 2.05) is 35.9 Å². The molecule has 2 atom stereocenters. The van der Waals surface area contributed by atoms with Gasteiger partial charge in [0.15, 0.2) is 0 Å². The number of pyridine rings is 1. The summed E-state index contributed by atoms with van der Waals surface area (Å²) >= 11 is 0. The minimum Gasteiger partial charge on any atom is -0.395 e. The number of hydrogen-bond acceptors (Lipinski definition) is 6. The molecule has 36 heavy (non-hydrogen) atoms. The van der Waals surface area contributed by atoms with Crippen LogP contribution in [0.15, 0.2) is 36.7 Å². The summed E-state index contributed by atoms with van der Waals surface area (Å²) < 4.78 is 43.3. The number of H-pyrrole nitrogens is 1. The summed E-state index contributed by atoms with van der Waals surface area (Å²) in [5.74, 6) is 1.35. The molecule has 8 nitrogen and oxygen atoms in total. The molecule has 4 aromatic rings. The molecule has 0 saturated heterocycles. The highest BCUT2D eigenvalue weighted by Gasteiger charge is 2.35. The van der Waals surface area contributed by atoms with E-state index in [4.69, 9.17) is 5.11 Å². The third-order valence-electron chi connectivity index (χ3n) is 7.01. The van der Waals surface area contributed by atoms with Gasteiger partial charge in [0.1, 0.15) is 23.5 Å². The van der Waals surface area contributed by atoms with Crippen LogP contribution in [0.2, 0.25) is 0 Å². The van der Waals surface area contributed by atoms with E-state index in [0.29, 0.717) is 28.1 Å². The van der Waals surface area contributed by atoms with Crippen LogP contribution in [-0.4, -0.2) is 48.2 Å². The molecule has 0 aliphatic heterocycles. The molecule has 0 amide bonds. The Balaban J connectivity index is 1.62. The summed E-state index contributed by atoms with van der Waals surface area (Å²) in [6, 6.07) is 8.31. The fraction of sp³-hybridized carbons (Fsp3) is 0.440. The average Bonchev–Trinajstić information content (AvgIpc) is 3.44. The molecule has 1 fully saturated rings. The molecular weight excluding hydrogens is 471 g/mol. The van der Waals surface area contributed by atoms with Crippen molar-refractivity contribution < 1.29 is 18.3 Å². The molecule has 190 valence electrons. The Bertz CT molecular complexity index is 1360. The van der Waals surface area contributed by atoms with Crippen LogP contribution in [0.4, 0.5) is 13.2 Å². The van der Waals surface area contributed by atoms with Gasteiger partial charge in [-0.25, -0.2) is 4.98 Å². The van der Waals surface area contributed by atoms with Crippen LogP contribution >= 0.6 is 0 Å². The van der Waals surface area contributed by atoms with E-state index in [0.717, 1.165) is 30.3 Å². The lowest BCUT2D eigenvalue weighted by Gasteiger charge is -2.33. The van der Waals surface area contributed by atoms with Gasteiger partial charge in [-0.3, -0.25) is 5.10 Å². The Morgan fingerprint density at radius 1 is 1.25 bits per heavy atom. The van der Waals surface area contributed by atoms with Crippen molar-refractivity contribution in [3.63, 3.8) is 0 Å². The molecule has 1 aliphatic rings. The second kappa shape index (κ2) is 9.62. The van der Waals surface area contributed by atoms with Gasteiger partial charge in [0.25, 0.3) is 0 Å². The Morgan fingerprint density at radius 2 is 2.06 bits per heavy atom. The molecule has 5 rings (SSSR count). The first-order valence-electron chi connectivity index (χ1n) is 12.0. The van der Waals surface area contributed by atoms with E-state index >= 15 is 0 Å². The van der Waals surface area contributed by atoms with Gasteiger partial charge in [0.05, 0.1) is 17.8 Å². The van der Waals surface area contributed by atoms with Crippen molar-refractivity contribution in [3.8, 4) is 11.3 Å². The van der Waals surface area contributed by atoms with Crippen LogP contribution in [0.3, 0.4) is 0 Å². The highest BCUT2D eigenvalue weighted by atomic mass is 19.4. The zero-order valence-electron chi connectivity index (χ0n) is 20.0. The van der Waals surface area contributed by atoms with Crippen molar-refractivity contribution in [2.75, 3.05) is 13.2 Å². The van der Waals surface area contributed by atoms with E-state index in [2.05, 4.69) is 30.7 Å². The molecule has 3 heterocycles. The highest BCUT2D eigenvalue weighted by Crippen LogP contribution is 2.43. The summed E-state index contributed by atoms with van der Waals surface area (Å²) in [7, 11) is 1.92. The number of aromatic amines is 1. The maximum absolute atomic E-state index is 13.8. The Labute approximate surface area is 206 Å². The van der Waals surface area contributed by atoms with E-state index in [1.54, 1.807) is 13.3 Å². The third kappa shape index (κ3) is 4.48. The number of fused-ring (bicyclic) bond motifs is 1. The van der Waals surface area contributed by atoms with Crippen LogP contribution in [0.25, 0.3) is 22.2 Å². The molecule has 3 aromatic heterocycles. The quantitative estimate of drug-likeness (QED) is 0.333. The number of aliphatic hydroxyl groups is 1. The number of benzene rings is 1. The summed E-state index contributed by atoms with van der Waals surface area (Å²) in [5.41, 5.74) is 1.84. The average molecular weight is 500 g/mol. The summed E-state index contributed by atoms with van der Waals surface area (Å²) in [6.07, 6.45) is 0.425. The van der Waals surface area contributed by atoms with Gasteiger partial charge in [-0.15, -0.1) is 10.2 Å². The molecule has 0 radical (unpaired) electrons. The lowest BCUT2D eigenvalue weighted by Crippen LogP contribution is -2.24. The van der Waals surface area contributed by atoms with E-state index in [9.17, 15) is 13.2 Å². The largest absolute Gasteiger partial charge is 0.433 e. The Hall–Kier alpha value is -3.31. The normalized spacial score (nSPS) is 16.3. The third-order valence-corrected chi connectivity index (χ3v) is 7.01. The molecule has 1 aromatic carbocycles. The van der Waals surface area contributed by atoms with Crippen molar-refractivity contribution in [2.45, 2.75) is 44.3 Å². The standard InChI is InChI=1S/C25H28F3N7O/c1-14(29-9-10-36)21-23-18(12-19(31-21)25(26,27)28)22(32-33-23)17-8-4-7-16(11-17)20(15-5-3-6-15)24-34-30-13-35(24)2/h4,7-8,11-15,20,29,36H,3,5-6,9-10H2,1-2H3,(H,32,33)/t14-,20+/m0/s1. The predicted molar refractivity (Wildman–Crippen MR) is 128 cm³/mol. The van der Waals surface area contributed by atoms with Gasteiger partial charge in [-0.1, -0.05) is 24.6 Å². The maximum Gasteiger partial charge on any atom is 0.433 e. The van der Waals surface area contributed by atoms with Crippen molar-refractivity contribution in [2.24, 2.45) is 13.0 Å². The van der Waals surface area contributed by atoms with Crippen molar-refractivity contribution in [1.29, 1.82) is 0 Å². The number of aryl methyl sites for hydroxylation is 1. The lowest BCUT2D eigenvalue weighted by atomic mass is 9.72. The first-order chi connectivity index (χ1) is 17.3. The molecule has 0 bridgehead atoms. The first kappa shape index (κ1) is 24.4. The summed E-state index contributed by atoms with van der Waals surface area (Å²) in [4.78, 5) is 3.90. The minimum absolute atomic E-state index is 0.0436. The number of rotatable bonds is 8. The summed E-state index contributed by atoms with van der Waals surface area (Å²) in [6.45, 7) is 1.80. The number of aromatic nitrogens is 6. The minimum atomic E-state index is -4.61. The molecule has 1 saturated carbocycles. The van der Waals surface area contributed by atoms with Crippen LogP contribution < -0.4 is 5.32 Å². The van der Waals surface area contributed by atoms with Gasteiger partial charge in [0, 0.05) is 36.5 Å². The van der Waals surface area contributed by atoms with Crippen LogP contribution in [0, 0.1) is 5.92 Å². The van der Waals surface area contributed by atoms with Gasteiger partial charge >= 0.3 is 6.18 Å². The van der Waals surface area contributed by atoms with E-state index in [-0.39, 0.29) is 24.8 Å². The monoisotopic (exact) mass is 499 g/mol.